The van der Waals surface area contributed by atoms with Crippen molar-refractivity contribution in [2.75, 3.05) is 40.3 Å². The van der Waals surface area contributed by atoms with E-state index in [1.807, 2.05) is 20.8 Å². The van der Waals surface area contributed by atoms with Crippen molar-refractivity contribution in [1.29, 1.82) is 0 Å². The maximum Gasteiger partial charge on any atom is 0.408 e. The molecule has 0 unspecified atom stereocenters. The summed E-state index contributed by atoms with van der Waals surface area (Å²) in [6.45, 7) is 18.7. The van der Waals surface area contributed by atoms with Gasteiger partial charge in [-0.15, -0.1) is 0 Å². The van der Waals surface area contributed by atoms with Crippen LogP contribution in [-0.2, 0) is 38.0 Å². The van der Waals surface area contributed by atoms with Gasteiger partial charge in [0.15, 0.2) is 18.7 Å². The van der Waals surface area contributed by atoms with Gasteiger partial charge < -0.3 is 69.1 Å². The van der Waals surface area contributed by atoms with E-state index in [0.29, 0.717) is 19.5 Å². The van der Waals surface area contributed by atoms with Gasteiger partial charge in [0.05, 0.1) is 42.0 Å². The molecule has 4 fully saturated rings. The topological polar surface area (TPSA) is 202 Å². The van der Waals surface area contributed by atoms with Crippen molar-refractivity contribution in [2.24, 2.45) is 22.7 Å². The number of halogens is 3. The van der Waals surface area contributed by atoms with Crippen molar-refractivity contribution in [3.05, 3.63) is 0 Å². The minimum atomic E-state index is -4.56. The number of aliphatic hydroxyl groups is 4. The number of methoxy groups -OCH3 is 1. The molecule has 0 aromatic carbocycles. The molecule has 16 nitrogen and oxygen atoms in total. The van der Waals surface area contributed by atoms with E-state index in [1.54, 1.807) is 60.4 Å². The van der Waals surface area contributed by atoms with Gasteiger partial charge >= 0.3 is 12.1 Å². The Morgan fingerprint density at radius 3 is 2.26 bits per heavy atom. The summed E-state index contributed by atoms with van der Waals surface area (Å²) in [7, 11) is 3.10. The minimum absolute atomic E-state index is 0.0251. The van der Waals surface area contributed by atoms with Crippen molar-refractivity contribution in [3.63, 3.8) is 0 Å². The first-order valence-corrected chi connectivity index (χ1v) is 22.3. The highest BCUT2D eigenvalue weighted by atomic mass is 19.4. The van der Waals surface area contributed by atoms with Gasteiger partial charge in [0, 0.05) is 39.1 Å². The van der Waals surface area contributed by atoms with E-state index in [2.05, 4.69) is 15.6 Å². The number of nitrogens with zero attached hydrogens (tertiary/aromatic N) is 2. The number of likely N-dealkylation sites (N-methyl/N-ethyl adjacent to an activating group) is 1. The molecule has 4 saturated heterocycles. The van der Waals surface area contributed by atoms with E-state index in [9.17, 15) is 38.4 Å². The molecule has 62 heavy (non-hydrogen) atoms. The second-order valence-electron chi connectivity index (χ2n) is 19.1. The Balaban J connectivity index is 1.82. The van der Waals surface area contributed by atoms with Crippen molar-refractivity contribution < 1.29 is 71.5 Å². The van der Waals surface area contributed by atoms with Crippen LogP contribution in [0.2, 0.25) is 0 Å². The molecule has 0 amide bonds. The summed E-state index contributed by atoms with van der Waals surface area (Å²) < 4.78 is 84.4. The summed E-state index contributed by atoms with van der Waals surface area (Å²) in [5.41, 5.74) is -6.27. The molecule has 0 saturated carbocycles. The fourth-order valence-corrected chi connectivity index (χ4v) is 9.84. The lowest BCUT2D eigenvalue weighted by Gasteiger charge is -2.53. The van der Waals surface area contributed by atoms with Gasteiger partial charge in [-0.2, -0.15) is 13.2 Å². The average Bonchev–Trinajstić information content (AvgIpc) is 3.50. The number of fused-ring (bicyclic) bond motifs is 1. The lowest BCUT2D eigenvalue weighted by Crippen LogP contribution is -2.70. The Labute approximate surface area is 365 Å². The third kappa shape index (κ3) is 11.7. The number of carbonyl (C=O) groups is 1. The van der Waals surface area contributed by atoms with E-state index in [1.165, 1.54) is 14.0 Å². The Hall–Kier alpha value is -1.91. The molecule has 6 N–H and O–H groups in total. The van der Waals surface area contributed by atoms with Gasteiger partial charge in [-0.05, 0) is 93.2 Å². The molecule has 0 bridgehead atoms. The first kappa shape index (κ1) is 52.7. The Morgan fingerprint density at radius 1 is 1.00 bits per heavy atom. The summed E-state index contributed by atoms with van der Waals surface area (Å²) in [6.07, 6.45) is -12.4. The van der Waals surface area contributed by atoms with Crippen molar-refractivity contribution >= 4 is 12.0 Å². The van der Waals surface area contributed by atoms with Gasteiger partial charge in [-0.25, -0.2) is 4.99 Å². The SMILES string of the molecule is CCCNC[C@]1(O)[C@H](C)O[C@@H](O[C@H]2[C@H](C)[C@@H](O[C@@H]3O[C@H](C)C[C@H]4[C@H]3O/C(=N\CC(F)(F)F)N4C)[C@](C)(O)C[C@@H](C)CN[C@H](C)[C@@H](O)[C@](C)(O)[C@@H](CC)OC(=O)[C@@H]2C)C[C@@]1(C)OC. The first-order valence-electron chi connectivity index (χ1n) is 22.3. The predicted molar refractivity (Wildman–Crippen MR) is 223 cm³/mol. The number of alkyl halides is 3. The molecule has 0 spiro atoms. The lowest BCUT2D eigenvalue weighted by molar-refractivity contribution is -0.335. The zero-order chi connectivity index (χ0) is 46.7. The molecule has 4 aliphatic rings. The monoisotopic (exact) mass is 899 g/mol. The molecular formula is C43H77F3N4O12. The number of hydrogen-bond donors (Lipinski definition) is 6. The van der Waals surface area contributed by atoms with E-state index in [-0.39, 0.29) is 37.7 Å². The number of amidine groups is 1. The summed E-state index contributed by atoms with van der Waals surface area (Å²) in [5.74, 6) is -3.04. The Morgan fingerprint density at radius 2 is 1.66 bits per heavy atom. The molecule has 4 rings (SSSR count). The Kier molecular flexibility index (Phi) is 17.6. The van der Waals surface area contributed by atoms with Crippen molar-refractivity contribution in [3.8, 4) is 0 Å². The molecule has 4 aliphatic heterocycles. The number of ether oxygens (including phenoxy) is 7. The van der Waals surface area contributed by atoms with Crippen LogP contribution in [-0.4, -0.2) is 174 Å². The van der Waals surface area contributed by atoms with E-state index < -0.39 is 120 Å². The van der Waals surface area contributed by atoms with E-state index in [0.717, 1.165) is 6.42 Å². The zero-order valence-electron chi connectivity index (χ0n) is 39.0. The van der Waals surface area contributed by atoms with Gasteiger partial charge in [-0.3, -0.25) is 4.79 Å². The maximum absolute atomic E-state index is 14.4. The summed E-state index contributed by atoms with van der Waals surface area (Å²) in [4.78, 5) is 19.7. The fraction of sp³-hybridized carbons (Fsp3) is 0.953. The van der Waals surface area contributed by atoms with Crippen LogP contribution in [0.15, 0.2) is 4.99 Å². The normalized spacial score (nSPS) is 46.1. The summed E-state index contributed by atoms with van der Waals surface area (Å²) in [5, 5.41) is 54.4. The largest absolute Gasteiger partial charge is 0.459 e. The van der Waals surface area contributed by atoms with Gasteiger partial charge in [-0.1, -0.05) is 27.7 Å². The van der Waals surface area contributed by atoms with Crippen LogP contribution in [0.25, 0.3) is 0 Å². The van der Waals surface area contributed by atoms with E-state index in [4.69, 9.17) is 33.2 Å². The number of cyclic esters (lactones) is 1. The number of esters is 1. The van der Waals surface area contributed by atoms with Gasteiger partial charge in [0.2, 0.25) is 0 Å². The molecule has 4 heterocycles. The Bertz CT molecular complexity index is 1500. The van der Waals surface area contributed by atoms with Crippen LogP contribution in [0, 0.1) is 17.8 Å². The van der Waals surface area contributed by atoms with E-state index >= 15 is 0 Å². The van der Waals surface area contributed by atoms with Crippen molar-refractivity contribution in [1.82, 2.24) is 15.5 Å². The highest BCUT2D eigenvalue weighted by molar-refractivity contribution is 5.76. The number of carbonyl (C=O) groups excluding carboxylic acids is 1. The van der Waals surface area contributed by atoms with Crippen LogP contribution in [0.1, 0.15) is 108 Å². The fourth-order valence-electron chi connectivity index (χ4n) is 9.84. The first-order chi connectivity index (χ1) is 28.7. The van der Waals surface area contributed by atoms with Crippen LogP contribution < -0.4 is 10.6 Å². The third-order valence-electron chi connectivity index (χ3n) is 13.8. The number of aliphatic imine (C=N–C) groups is 1. The summed E-state index contributed by atoms with van der Waals surface area (Å²) >= 11 is 0. The van der Waals surface area contributed by atoms with Gasteiger partial charge in [0.25, 0.3) is 6.02 Å². The van der Waals surface area contributed by atoms with Crippen LogP contribution >= 0.6 is 0 Å². The molecule has 19 heteroatoms. The molecule has 0 aromatic rings. The minimum Gasteiger partial charge on any atom is -0.459 e. The number of rotatable bonds is 11. The predicted octanol–water partition coefficient (Wildman–Crippen LogP) is 3.25. The highest BCUT2D eigenvalue weighted by Gasteiger charge is 2.59. The smallest absolute Gasteiger partial charge is 0.408 e. The quantitative estimate of drug-likeness (QED) is 0.130. The molecule has 18 atom stereocenters. The molecule has 362 valence electrons. The molecule has 0 aliphatic carbocycles. The zero-order valence-corrected chi connectivity index (χ0v) is 39.0. The van der Waals surface area contributed by atoms with Crippen LogP contribution in [0.3, 0.4) is 0 Å². The second kappa shape index (κ2) is 20.7. The second-order valence-corrected chi connectivity index (χ2v) is 19.1. The highest BCUT2D eigenvalue weighted by Crippen LogP contribution is 2.44. The average molecular weight is 899 g/mol. The third-order valence-corrected chi connectivity index (χ3v) is 13.8. The molecular weight excluding hydrogens is 821 g/mol. The molecule has 0 aromatic heterocycles. The van der Waals surface area contributed by atoms with Crippen molar-refractivity contribution in [2.45, 2.75) is 204 Å². The van der Waals surface area contributed by atoms with Gasteiger partial charge in [0.1, 0.15) is 35.6 Å². The number of nitrogens with one attached hydrogen (secondary N) is 2. The lowest BCUT2D eigenvalue weighted by atomic mass is 9.75. The standard InChI is InChI=1S/C43H77F3N4O12/c1-14-16-47-21-42(55)28(8)58-31(19-40(42,10)56-13)60-32-25(5)35(62-37-33-29(17-24(4)57-37)50(12)38(61-33)49-22-43(44,45)46)39(9,53)18-23(3)20-48-27(7)34(51)41(11,54)30(15-2)59-36(52)26(32)6/h23-35,37,47-48,51,53-55H,14-22H2,1-13H3/b49-38-/t23-,24-,25+,26-,27-,28+,29+,30-,31+,32+,33-,34-,35-,37+,39-,40-,41-,42+/m1/s1. The van der Waals surface area contributed by atoms with Crippen LogP contribution in [0.4, 0.5) is 13.2 Å². The molecule has 0 radical (unpaired) electrons. The summed E-state index contributed by atoms with van der Waals surface area (Å²) in [6, 6.07) is -1.36. The maximum atomic E-state index is 14.4. The number of aliphatic hydroxyl groups excluding tert-OH is 1. The number of hydrogen-bond acceptors (Lipinski definition) is 15. The van der Waals surface area contributed by atoms with Crippen LogP contribution in [0.5, 0.6) is 0 Å².